The summed E-state index contributed by atoms with van der Waals surface area (Å²) < 4.78 is 12.3. The van der Waals surface area contributed by atoms with Gasteiger partial charge in [0.1, 0.15) is 17.1 Å². The van der Waals surface area contributed by atoms with Crippen molar-refractivity contribution in [2.45, 2.75) is 118 Å². The smallest absolute Gasteiger partial charge is 0.221 e. The van der Waals surface area contributed by atoms with Gasteiger partial charge in [-0.05, 0) is 54.0 Å². The van der Waals surface area contributed by atoms with Crippen LogP contribution in [0.2, 0.25) is 12.1 Å². The topological polar surface area (TPSA) is 57.1 Å². The molecule has 4 unspecified atom stereocenters. The van der Waals surface area contributed by atoms with Crippen LogP contribution in [0, 0.1) is 23.7 Å². The normalized spacial score (nSPS) is 15.2. The summed E-state index contributed by atoms with van der Waals surface area (Å²) in [7, 11) is -1.29. The molecule has 0 bridgehead atoms. The molecule has 214 valence electrons. The maximum Gasteiger partial charge on any atom is 0.221 e. The fourth-order valence-corrected chi connectivity index (χ4v) is 7.11. The fourth-order valence-electron chi connectivity index (χ4n) is 4.84. The molecule has 2 aromatic rings. The summed E-state index contributed by atoms with van der Waals surface area (Å²) in [5, 5.41) is 8.77. The quantitative estimate of drug-likeness (QED) is 0.116. The van der Waals surface area contributed by atoms with E-state index in [0.717, 1.165) is 40.8 Å². The number of unbranched alkanes of at least 4 members (excludes halogenated alkanes) is 2. The molecule has 2 heterocycles. The Kier molecular flexibility index (Phi) is 16.5. The number of nitrogens with zero attached hydrogens (tertiary/aromatic N) is 3. The van der Waals surface area contributed by atoms with Crippen LogP contribution in [0.5, 0.6) is 11.6 Å². The van der Waals surface area contributed by atoms with Crippen molar-refractivity contribution in [3.8, 4) is 23.0 Å². The largest absolute Gasteiger partial charge is 0.548 e. The Balaban J connectivity index is 1.74. The standard InChI is InChI=1S/C31H55N3O2Si2/c1-7-9-13-24(3)17-18-25(4)23-38-36-30-20-19-28(33-34-30)31-29(16-11-21-32-31)35-37-22-12-15-27(6)26(5)14-10-8-2/h11,16,19-21,24-27H,7-10,12-15,17-18,22-23,37-38H2,1-6H3. The zero-order valence-corrected chi connectivity index (χ0v) is 28.1. The molecule has 2 aromatic heterocycles. The van der Waals surface area contributed by atoms with Crippen molar-refractivity contribution in [2.24, 2.45) is 23.7 Å². The zero-order chi connectivity index (χ0) is 27.6. The summed E-state index contributed by atoms with van der Waals surface area (Å²) in [6, 6.07) is 10.2. The Hall–Kier alpha value is -1.74. The van der Waals surface area contributed by atoms with Crippen molar-refractivity contribution in [3.63, 3.8) is 0 Å². The minimum absolute atomic E-state index is 0.638. The minimum atomic E-state index is -0.648. The predicted molar refractivity (Wildman–Crippen MR) is 167 cm³/mol. The van der Waals surface area contributed by atoms with Gasteiger partial charge in [-0.1, -0.05) is 106 Å². The van der Waals surface area contributed by atoms with Crippen LogP contribution in [0.25, 0.3) is 11.4 Å². The fraction of sp³-hybridized carbons (Fsp3) is 0.710. The highest BCUT2D eigenvalue weighted by Gasteiger charge is 2.13. The van der Waals surface area contributed by atoms with Gasteiger partial charge in [-0.25, -0.2) is 0 Å². The molecule has 5 nitrogen and oxygen atoms in total. The van der Waals surface area contributed by atoms with Gasteiger partial charge in [-0.3, -0.25) is 4.98 Å². The molecular formula is C31H55N3O2Si2. The molecular weight excluding hydrogens is 503 g/mol. The maximum absolute atomic E-state index is 6.27. The lowest BCUT2D eigenvalue weighted by Crippen LogP contribution is -2.10. The van der Waals surface area contributed by atoms with E-state index in [1.54, 1.807) is 6.20 Å². The van der Waals surface area contributed by atoms with Crippen molar-refractivity contribution in [3.05, 3.63) is 30.5 Å². The molecule has 2 rings (SSSR count). The third-order valence-corrected chi connectivity index (χ3v) is 11.0. The number of aromatic nitrogens is 3. The molecule has 0 aliphatic carbocycles. The predicted octanol–water partition coefficient (Wildman–Crippen LogP) is 7.79. The Bertz CT molecular complexity index is 868. The zero-order valence-electron chi connectivity index (χ0n) is 25.3. The van der Waals surface area contributed by atoms with Crippen LogP contribution >= 0.6 is 0 Å². The van der Waals surface area contributed by atoms with E-state index in [1.165, 1.54) is 76.3 Å². The van der Waals surface area contributed by atoms with Crippen LogP contribution in [0.1, 0.15) is 106 Å². The lowest BCUT2D eigenvalue weighted by atomic mass is 9.88. The molecule has 0 fully saturated rings. The molecule has 0 saturated carbocycles. The van der Waals surface area contributed by atoms with E-state index in [1.807, 2.05) is 24.3 Å². The Labute approximate surface area is 238 Å². The average molecular weight is 558 g/mol. The molecule has 4 atom stereocenters. The summed E-state index contributed by atoms with van der Waals surface area (Å²) in [4.78, 5) is 4.56. The second-order valence-electron chi connectivity index (χ2n) is 11.6. The molecule has 0 spiro atoms. The highest BCUT2D eigenvalue weighted by Crippen LogP contribution is 2.27. The minimum Gasteiger partial charge on any atom is -0.548 e. The van der Waals surface area contributed by atoms with E-state index in [9.17, 15) is 0 Å². The van der Waals surface area contributed by atoms with E-state index >= 15 is 0 Å². The Morgan fingerprint density at radius 2 is 1.45 bits per heavy atom. The van der Waals surface area contributed by atoms with Gasteiger partial charge in [-0.2, -0.15) is 0 Å². The van der Waals surface area contributed by atoms with Gasteiger partial charge in [0.15, 0.2) is 0 Å². The third kappa shape index (κ3) is 12.9. The van der Waals surface area contributed by atoms with E-state index < -0.39 is 19.5 Å². The SMILES string of the molecule is CCCCC(C)CCC(C)C[SiH2]Oc1ccc(-c2ncccc2O[SiH2]CCCC(C)C(C)CCCC)nn1. The van der Waals surface area contributed by atoms with E-state index in [0.29, 0.717) is 5.88 Å². The monoisotopic (exact) mass is 557 g/mol. The van der Waals surface area contributed by atoms with Gasteiger partial charge in [0.05, 0.1) is 0 Å². The first-order chi connectivity index (χ1) is 18.4. The number of pyridine rings is 1. The number of hydrogen-bond donors (Lipinski definition) is 0. The van der Waals surface area contributed by atoms with E-state index in [-0.39, 0.29) is 0 Å². The number of rotatable bonds is 21. The summed E-state index contributed by atoms with van der Waals surface area (Å²) in [5.41, 5.74) is 1.53. The molecule has 0 N–H and O–H groups in total. The van der Waals surface area contributed by atoms with Crippen LogP contribution in [-0.4, -0.2) is 34.7 Å². The maximum atomic E-state index is 6.27. The van der Waals surface area contributed by atoms with Crippen molar-refractivity contribution in [1.82, 2.24) is 15.2 Å². The van der Waals surface area contributed by atoms with Crippen LogP contribution in [0.3, 0.4) is 0 Å². The Morgan fingerprint density at radius 1 is 0.737 bits per heavy atom. The highest BCUT2D eigenvalue weighted by atomic mass is 28.2. The van der Waals surface area contributed by atoms with Crippen molar-refractivity contribution >= 4 is 19.5 Å². The van der Waals surface area contributed by atoms with Gasteiger partial charge in [0, 0.05) is 12.3 Å². The molecule has 7 heteroatoms. The van der Waals surface area contributed by atoms with Crippen molar-refractivity contribution in [1.29, 1.82) is 0 Å². The molecule has 0 aromatic carbocycles. The van der Waals surface area contributed by atoms with Gasteiger partial charge in [0.25, 0.3) is 0 Å². The van der Waals surface area contributed by atoms with Gasteiger partial charge in [-0.15, -0.1) is 10.2 Å². The molecule has 38 heavy (non-hydrogen) atoms. The van der Waals surface area contributed by atoms with Crippen LogP contribution < -0.4 is 8.85 Å². The van der Waals surface area contributed by atoms with E-state index in [4.69, 9.17) is 8.85 Å². The first kappa shape index (κ1) is 32.5. The van der Waals surface area contributed by atoms with Gasteiger partial charge < -0.3 is 8.85 Å². The summed E-state index contributed by atoms with van der Waals surface area (Å²) >= 11 is 0. The highest BCUT2D eigenvalue weighted by molar-refractivity contribution is 6.28. The summed E-state index contributed by atoms with van der Waals surface area (Å²) in [6.07, 6.45) is 15.0. The van der Waals surface area contributed by atoms with Crippen molar-refractivity contribution in [2.75, 3.05) is 0 Å². The van der Waals surface area contributed by atoms with E-state index in [2.05, 4.69) is 56.7 Å². The second kappa shape index (κ2) is 19.3. The summed E-state index contributed by atoms with van der Waals surface area (Å²) in [5.74, 6) is 4.66. The summed E-state index contributed by atoms with van der Waals surface area (Å²) in [6.45, 7) is 14.1. The molecule has 0 aliphatic rings. The van der Waals surface area contributed by atoms with Gasteiger partial charge >= 0.3 is 0 Å². The Morgan fingerprint density at radius 3 is 2.16 bits per heavy atom. The molecule has 0 radical (unpaired) electrons. The molecule has 0 amide bonds. The third-order valence-electron chi connectivity index (χ3n) is 8.01. The first-order valence-corrected chi connectivity index (χ1v) is 18.6. The van der Waals surface area contributed by atoms with Crippen molar-refractivity contribution < 1.29 is 8.85 Å². The van der Waals surface area contributed by atoms with Gasteiger partial charge in [0.2, 0.25) is 25.4 Å². The second-order valence-corrected chi connectivity index (χ2v) is 14.3. The lowest BCUT2D eigenvalue weighted by Gasteiger charge is -2.19. The van der Waals surface area contributed by atoms with Crippen LogP contribution in [-0.2, 0) is 0 Å². The lowest BCUT2D eigenvalue weighted by molar-refractivity contribution is 0.333. The molecule has 0 saturated heterocycles. The van der Waals surface area contributed by atoms with Crippen LogP contribution in [0.15, 0.2) is 30.5 Å². The number of hydrogen-bond acceptors (Lipinski definition) is 5. The first-order valence-electron chi connectivity index (χ1n) is 15.5. The average Bonchev–Trinajstić information content (AvgIpc) is 2.94. The molecule has 0 aliphatic heterocycles. The van der Waals surface area contributed by atoms with Crippen LogP contribution in [0.4, 0.5) is 0 Å².